The first kappa shape index (κ1) is 13.5. The van der Waals surface area contributed by atoms with Crippen LogP contribution < -0.4 is 5.32 Å². The van der Waals surface area contributed by atoms with Crippen molar-refractivity contribution in [1.82, 2.24) is 5.32 Å². The van der Waals surface area contributed by atoms with E-state index in [1.807, 2.05) is 6.92 Å². The van der Waals surface area contributed by atoms with E-state index in [0.717, 1.165) is 5.56 Å². The largest absolute Gasteiger partial charge is 0.303 e. The van der Waals surface area contributed by atoms with Gasteiger partial charge in [-0.3, -0.25) is 0 Å². The van der Waals surface area contributed by atoms with Crippen LogP contribution in [0.15, 0.2) is 29.7 Å². The lowest BCUT2D eigenvalue weighted by Crippen LogP contribution is -2.32. The molecule has 18 heavy (non-hydrogen) atoms. The van der Waals surface area contributed by atoms with Gasteiger partial charge >= 0.3 is 0 Å². The fourth-order valence-corrected chi connectivity index (χ4v) is 3.32. The van der Waals surface area contributed by atoms with Crippen LogP contribution in [-0.4, -0.2) is 20.2 Å². The summed E-state index contributed by atoms with van der Waals surface area (Å²) in [6, 6.07) is 4.16. The molecule has 98 valence electrons. The highest BCUT2D eigenvalue weighted by Crippen LogP contribution is 2.22. The summed E-state index contributed by atoms with van der Waals surface area (Å²) >= 11 is 5.71. The zero-order valence-corrected chi connectivity index (χ0v) is 11.3. The Morgan fingerprint density at radius 3 is 2.78 bits per heavy atom. The second-order valence-corrected chi connectivity index (χ2v) is 6.66. The maximum atomic E-state index is 13.0. The summed E-state index contributed by atoms with van der Waals surface area (Å²) in [5.41, 5.74) is 0.819. The van der Waals surface area contributed by atoms with Crippen LogP contribution in [0.3, 0.4) is 0 Å². The first-order valence-corrected chi connectivity index (χ1v) is 7.59. The maximum Gasteiger partial charge on any atom is 0.173 e. The third kappa shape index (κ3) is 3.10. The zero-order valence-electron chi connectivity index (χ0n) is 9.73. The topological polar surface area (TPSA) is 46.2 Å². The van der Waals surface area contributed by atoms with E-state index in [1.165, 1.54) is 11.5 Å². The van der Waals surface area contributed by atoms with Gasteiger partial charge in [-0.05, 0) is 24.6 Å². The Labute approximate surface area is 111 Å². The van der Waals surface area contributed by atoms with Gasteiger partial charge in [0.05, 0.1) is 10.8 Å². The molecule has 0 spiro atoms. The van der Waals surface area contributed by atoms with E-state index in [-0.39, 0.29) is 22.9 Å². The molecule has 0 saturated heterocycles. The summed E-state index contributed by atoms with van der Waals surface area (Å²) in [4.78, 5) is 0. The molecule has 2 unspecified atom stereocenters. The lowest BCUT2D eigenvalue weighted by molar-refractivity contribution is 0.533. The Balaban J connectivity index is 2.06. The Morgan fingerprint density at radius 1 is 1.50 bits per heavy atom. The second-order valence-electron chi connectivity index (χ2n) is 4.33. The fraction of sp³-hybridized carbons (Fsp3) is 0.333. The van der Waals surface area contributed by atoms with Crippen LogP contribution in [0, 0.1) is 5.82 Å². The van der Waals surface area contributed by atoms with E-state index < -0.39 is 15.7 Å². The molecular weight excluding hydrogens is 277 g/mol. The van der Waals surface area contributed by atoms with E-state index in [1.54, 1.807) is 18.2 Å². The smallest absolute Gasteiger partial charge is 0.173 e. The first-order chi connectivity index (χ1) is 8.37. The Kier molecular flexibility index (Phi) is 3.75. The predicted molar refractivity (Wildman–Crippen MR) is 69.7 cm³/mol. The third-order valence-electron chi connectivity index (χ3n) is 2.84. The molecule has 0 amide bonds. The van der Waals surface area contributed by atoms with Crippen LogP contribution >= 0.6 is 11.6 Å². The van der Waals surface area contributed by atoms with Crippen LogP contribution in [0.1, 0.15) is 18.5 Å². The van der Waals surface area contributed by atoms with Gasteiger partial charge in [0.15, 0.2) is 9.84 Å². The normalized spacial score (nSPS) is 23.2. The number of halogens is 2. The van der Waals surface area contributed by atoms with Crippen LogP contribution in [0.2, 0.25) is 5.02 Å². The summed E-state index contributed by atoms with van der Waals surface area (Å²) in [7, 11) is -3.07. The summed E-state index contributed by atoms with van der Waals surface area (Å²) < 4.78 is 35.5. The van der Waals surface area contributed by atoms with Gasteiger partial charge in [-0.1, -0.05) is 23.7 Å². The van der Waals surface area contributed by atoms with Crippen molar-refractivity contribution >= 4 is 21.4 Å². The zero-order chi connectivity index (χ0) is 13.3. The third-order valence-corrected chi connectivity index (χ3v) is 4.52. The molecule has 0 radical (unpaired) electrons. The molecule has 0 aliphatic carbocycles. The lowest BCUT2D eigenvalue weighted by Gasteiger charge is -2.18. The summed E-state index contributed by atoms with van der Waals surface area (Å²) in [6.07, 6.45) is 1.62. The summed E-state index contributed by atoms with van der Waals surface area (Å²) in [5, 5.41) is 4.43. The summed E-state index contributed by atoms with van der Waals surface area (Å²) in [5.74, 6) is -0.400. The number of rotatable bonds is 3. The fourth-order valence-electron chi connectivity index (χ4n) is 1.88. The molecule has 1 heterocycles. The minimum absolute atomic E-state index is 0.0618. The number of hydrogen-bond acceptors (Lipinski definition) is 3. The predicted octanol–water partition coefficient (Wildman–Crippen LogP) is 2.44. The SMILES string of the molecule is CC(NC1C=CS(=O)(=O)C1)c1ccc(F)c(Cl)c1. The quantitative estimate of drug-likeness (QED) is 0.930. The van der Waals surface area contributed by atoms with E-state index >= 15 is 0 Å². The molecule has 2 rings (SSSR count). The van der Waals surface area contributed by atoms with Gasteiger partial charge in [0.2, 0.25) is 0 Å². The average Bonchev–Trinajstić information content (AvgIpc) is 2.62. The van der Waals surface area contributed by atoms with Gasteiger partial charge < -0.3 is 5.32 Å². The Hall–Kier alpha value is -0.910. The first-order valence-electron chi connectivity index (χ1n) is 5.49. The van der Waals surface area contributed by atoms with Gasteiger partial charge in [0.1, 0.15) is 5.82 Å². The molecule has 2 atom stereocenters. The second kappa shape index (κ2) is 4.99. The van der Waals surface area contributed by atoms with Crippen LogP contribution in [0.4, 0.5) is 4.39 Å². The molecular formula is C12H13ClFNO2S. The van der Waals surface area contributed by atoms with Gasteiger partial charge in [0.25, 0.3) is 0 Å². The van der Waals surface area contributed by atoms with Crippen molar-refractivity contribution in [3.05, 3.63) is 46.1 Å². The number of nitrogens with one attached hydrogen (secondary N) is 1. The van der Waals surface area contributed by atoms with E-state index in [0.29, 0.717) is 0 Å². The number of sulfone groups is 1. The highest BCUT2D eigenvalue weighted by atomic mass is 35.5. The van der Waals surface area contributed by atoms with Gasteiger partial charge in [0, 0.05) is 17.5 Å². The molecule has 3 nitrogen and oxygen atoms in total. The van der Waals surface area contributed by atoms with Crippen molar-refractivity contribution in [2.24, 2.45) is 0 Å². The molecule has 1 aromatic rings. The minimum Gasteiger partial charge on any atom is -0.303 e. The van der Waals surface area contributed by atoms with Crippen molar-refractivity contribution in [3.63, 3.8) is 0 Å². The van der Waals surface area contributed by atoms with Crippen molar-refractivity contribution in [3.8, 4) is 0 Å². The molecule has 1 N–H and O–H groups in total. The Bertz CT molecular complexity index is 586. The van der Waals surface area contributed by atoms with Crippen LogP contribution in [0.25, 0.3) is 0 Å². The molecule has 1 aliphatic heterocycles. The monoisotopic (exact) mass is 289 g/mol. The highest BCUT2D eigenvalue weighted by molar-refractivity contribution is 7.94. The standard InChI is InChI=1S/C12H13ClFNO2S/c1-8(9-2-3-12(14)11(13)6-9)15-10-4-5-18(16,17)7-10/h2-6,8,10,15H,7H2,1H3. The van der Waals surface area contributed by atoms with Crippen molar-refractivity contribution in [2.75, 3.05) is 5.75 Å². The minimum atomic E-state index is -3.07. The van der Waals surface area contributed by atoms with Gasteiger partial charge in [-0.15, -0.1) is 0 Å². The molecule has 0 saturated carbocycles. The van der Waals surface area contributed by atoms with Crippen molar-refractivity contribution in [2.45, 2.75) is 19.0 Å². The molecule has 1 aromatic carbocycles. The van der Waals surface area contributed by atoms with Crippen molar-refractivity contribution < 1.29 is 12.8 Å². The van der Waals surface area contributed by atoms with E-state index in [9.17, 15) is 12.8 Å². The van der Waals surface area contributed by atoms with E-state index in [4.69, 9.17) is 11.6 Å². The molecule has 0 bridgehead atoms. The van der Waals surface area contributed by atoms with Gasteiger partial charge in [-0.25, -0.2) is 12.8 Å². The molecule has 0 fully saturated rings. The Morgan fingerprint density at radius 2 is 2.22 bits per heavy atom. The molecule has 6 heteroatoms. The maximum absolute atomic E-state index is 13.0. The summed E-state index contributed by atoms with van der Waals surface area (Å²) in [6.45, 7) is 1.88. The highest BCUT2D eigenvalue weighted by Gasteiger charge is 2.23. The number of benzene rings is 1. The van der Waals surface area contributed by atoms with Crippen LogP contribution in [-0.2, 0) is 9.84 Å². The average molecular weight is 290 g/mol. The molecule has 0 aromatic heterocycles. The lowest BCUT2D eigenvalue weighted by atomic mass is 10.1. The number of hydrogen-bond donors (Lipinski definition) is 1. The van der Waals surface area contributed by atoms with Crippen LogP contribution in [0.5, 0.6) is 0 Å². The van der Waals surface area contributed by atoms with Gasteiger partial charge in [-0.2, -0.15) is 0 Å². The molecule has 1 aliphatic rings. The van der Waals surface area contributed by atoms with E-state index in [2.05, 4.69) is 5.32 Å². The van der Waals surface area contributed by atoms with Crippen molar-refractivity contribution in [1.29, 1.82) is 0 Å².